The molecule has 0 fully saturated rings. The topological polar surface area (TPSA) is 247 Å². The molecule has 0 aromatic rings. The van der Waals surface area contributed by atoms with E-state index in [2.05, 4.69) is 16.0 Å². The Labute approximate surface area is 327 Å². The number of rotatable bonds is 23. The molecule has 16 nitrogen and oxygen atoms in total. The number of nitrogens with one attached hydrogen (secondary N) is 7. The molecule has 7 amide bonds. The highest BCUT2D eigenvalue weighted by molar-refractivity contribution is 5.95. The molecule has 0 unspecified atom stereocenters. The van der Waals surface area contributed by atoms with E-state index in [1.165, 1.54) is 21.3 Å². The lowest BCUT2D eigenvalue weighted by Gasteiger charge is -2.26. The minimum absolute atomic E-state index is 0. The van der Waals surface area contributed by atoms with E-state index in [1.807, 2.05) is 0 Å². The molecule has 9 N–H and O–H groups in total. The maximum Gasteiger partial charge on any atom is 0.471 e. The van der Waals surface area contributed by atoms with E-state index < -0.39 is 154 Å². The smallest absolute Gasteiger partial charge is 0.348 e. The first-order valence-corrected chi connectivity index (χ1v) is 16.6. The van der Waals surface area contributed by atoms with Gasteiger partial charge in [0.1, 0.15) is 12.1 Å². The molecular weight excluding hydrogens is 852 g/mol. The van der Waals surface area contributed by atoms with Gasteiger partial charge >= 0.3 is 48.3 Å². The summed E-state index contributed by atoms with van der Waals surface area (Å²) in [5.74, 6) is -13.8. The number of ketones is 1. The van der Waals surface area contributed by atoms with Gasteiger partial charge in [-0.25, -0.2) is 0 Å². The van der Waals surface area contributed by atoms with Crippen LogP contribution in [-0.4, -0.2) is 122 Å². The Bertz CT molecular complexity index is 1420. The van der Waals surface area contributed by atoms with Gasteiger partial charge in [0.15, 0.2) is 5.78 Å². The molecule has 0 aliphatic carbocycles. The zero-order chi connectivity index (χ0) is 44.4. The van der Waals surface area contributed by atoms with Crippen LogP contribution in [0.25, 0.3) is 0 Å². The van der Waals surface area contributed by atoms with Crippen molar-refractivity contribution in [3.05, 3.63) is 0 Å². The van der Waals surface area contributed by atoms with Crippen LogP contribution in [0.1, 0.15) is 58.3 Å². The third-order valence-corrected chi connectivity index (χ3v) is 7.28. The van der Waals surface area contributed by atoms with Crippen molar-refractivity contribution in [3.8, 4) is 0 Å². The average Bonchev–Trinajstić information content (AvgIpc) is 3.07. The minimum atomic E-state index is -5.30. The fourth-order valence-electron chi connectivity index (χ4n) is 4.32. The lowest BCUT2D eigenvalue weighted by atomic mass is 10.0. The van der Waals surface area contributed by atoms with Gasteiger partial charge in [-0.3, -0.25) is 38.4 Å². The van der Waals surface area contributed by atoms with E-state index in [4.69, 9.17) is 5.73 Å². The summed E-state index contributed by atoms with van der Waals surface area (Å²) in [6.07, 6.45) is -24.6. The predicted octanol–water partition coefficient (Wildman–Crippen LogP) is 0.614. The summed E-state index contributed by atoms with van der Waals surface area (Å²) in [5, 5.41) is 12.4. The highest BCUT2D eigenvalue weighted by atomic mass is 35.5. The highest BCUT2D eigenvalue weighted by Crippen LogP contribution is 2.17. The predicted molar refractivity (Wildman–Crippen MR) is 175 cm³/mol. The zero-order valence-electron chi connectivity index (χ0n) is 30.1. The van der Waals surface area contributed by atoms with Crippen molar-refractivity contribution in [2.24, 2.45) is 5.73 Å². The van der Waals surface area contributed by atoms with Gasteiger partial charge in [-0.15, -0.1) is 12.4 Å². The average molecular weight is 893 g/mol. The van der Waals surface area contributed by atoms with Crippen LogP contribution in [0.15, 0.2) is 0 Å². The first-order chi connectivity index (χ1) is 26.0. The van der Waals surface area contributed by atoms with E-state index in [0.717, 1.165) is 6.92 Å². The molecule has 336 valence electrons. The number of nitrogens with two attached hydrogens (primary N) is 1. The number of halogens is 13. The fourth-order valence-corrected chi connectivity index (χ4v) is 4.32. The van der Waals surface area contributed by atoms with Crippen molar-refractivity contribution in [1.29, 1.82) is 0 Å². The van der Waals surface area contributed by atoms with Gasteiger partial charge < -0.3 is 43.0 Å². The van der Waals surface area contributed by atoms with Crippen LogP contribution >= 0.6 is 12.4 Å². The maximum atomic E-state index is 13.4. The van der Waals surface area contributed by atoms with Crippen molar-refractivity contribution < 1.29 is 91.0 Å². The summed E-state index contributed by atoms with van der Waals surface area (Å²) in [7, 11) is 0. The van der Waals surface area contributed by atoms with Crippen LogP contribution in [0.5, 0.6) is 0 Å². The second-order valence-corrected chi connectivity index (χ2v) is 12.0. The molecule has 0 aliphatic rings. The largest absolute Gasteiger partial charge is 0.471 e. The summed E-state index contributed by atoms with van der Waals surface area (Å²) < 4.78 is 150. The van der Waals surface area contributed by atoms with Crippen LogP contribution < -0.4 is 43.0 Å². The van der Waals surface area contributed by atoms with Crippen molar-refractivity contribution in [2.45, 2.75) is 107 Å². The summed E-state index contributed by atoms with van der Waals surface area (Å²) in [6, 6.07) is -6.68. The number of hydrogen-bond donors (Lipinski definition) is 8. The van der Waals surface area contributed by atoms with Crippen LogP contribution in [0, 0.1) is 0 Å². The number of alkyl halides is 12. The van der Waals surface area contributed by atoms with Crippen LogP contribution in [0.4, 0.5) is 52.7 Å². The van der Waals surface area contributed by atoms with Crippen LogP contribution in [-0.2, 0) is 38.4 Å². The second kappa shape index (κ2) is 25.0. The van der Waals surface area contributed by atoms with E-state index in [0.29, 0.717) is 0 Å². The maximum absolute atomic E-state index is 13.4. The van der Waals surface area contributed by atoms with Gasteiger partial charge in [0.2, 0.25) is 17.7 Å². The molecule has 0 rings (SSSR count). The van der Waals surface area contributed by atoms with Gasteiger partial charge in [-0.1, -0.05) is 0 Å². The molecule has 0 bridgehead atoms. The molecule has 0 aliphatic heterocycles. The Hall–Kier alpha value is -4.63. The van der Waals surface area contributed by atoms with Crippen LogP contribution in [0.2, 0.25) is 0 Å². The van der Waals surface area contributed by atoms with Gasteiger partial charge in [0, 0.05) is 26.2 Å². The summed E-state index contributed by atoms with van der Waals surface area (Å²) in [6.45, 7) is -1.77. The normalized spacial score (nSPS) is 14.0. The fraction of sp³-hybridized carbons (Fsp3) is 0.724. The van der Waals surface area contributed by atoms with Crippen molar-refractivity contribution >= 4 is 59.5 Å². The molecule has 0 saturated carbocycles. The SMILES string of the molecule is CC(=O)[C@H](CCCNC(=O)C(F)(F)F)NC(=O)[C@H](CCCNC(=O)C(F)(F)F)NC(=O)[C@H](CCCNC(=O)C(F)(F)F)NC(=O)[C@@H](N)CCCNC(=O)C(F)(F)F.Cl. The lowest BCUT2D eigenvalue weighted by Crippen LogP contribution is -2.57. The van der Waals surface area contributed by atoms with E-state index in [1.54, 1.807) is 0 Å². The molecule has 0 aromatic carbocycles. The molecular formula is C29H41ClF12N8O8. The standard InChI is InChI=1S/C29H40F12N8O8.ClH/c1-14(50)16(7-3-11-44-23(55)27(33,34)35)47-20(52)18(9-5-13-46-25(57)29(39,40)41)49-21(53)17(8-4-12-45-24(56)28(36,37)38)48-19(51)15(42)6-2-10-43-22(54)26(30,31)32;/h15-18H,2-13,42H2,1H3,(H,43,54)(H,44,55)(H,45,56)(H,46,57)(H,47,52)(H,48,51)(H,49,53);1H/t15-,16-,17-,18-;/m0./s1. The first kappa shape index (κ1) is 55.5. The number of amides is 7. The highest BCUT2D eigenvalue weighted by Gasteiger charge is 2.41. The van der Waals surface area contributed by atoms with Gasteiger partial charge in [-0.2, -0.15) is 52.7 Å². The van der Waals surface area contributed by atoms with Crippen molar-refractivity contribution in [1.82, 2.24) is 37.2 Å². The Morgan fingerprint density at radius 2 is 0.672 bits per heavy atom. The van der Waals surface area contributed by atoms with Gasteiger partial charge in [-0.05, 0) is 58.3 Å². The second-order valence-electron chi connectivity index (χ2n) is 12.0. The molecule has 29 heteroatoms. The number of Topliss-reactive ketones (excluding diaryl/α,β-unsaturated/α-hetero) is 1. The summed E-state index contributed by atoms with van der Waals surface area (Å²) in [5.41, 5.74) is 5.72. The zero-order valence-corrected chi connectivity index (χ0v) is 30.9. The van der Waals surface area contributed by atoms with Crippen molar-refractivity contribution in [3.63, 3.8) is 0 Å². The summed E-state index contributed by atoms with van der Waals surface area (Å²) in [4.78, 5) is 95.9. The number of carbonyl (C=O) groups is 8. The van der Waals surface area contributed by atoms with Crippen molar-refractivity contribution in [2.75, 3.05) is 26.2 Å². The third kappa shape index (κ3) is 22.9. The molecule has 58 heavy (non-hydrogen) atoms. The van der Waals surface area contributed by atoms with E-state index in [9.17, 15) is 91.0 Å². The molecule has 0 heterocycles. The van der Waals surface area contributed by atoms with E-state index >= 15 is 0 Å². The minimum Gasteiger partial charge on any atom is -0.348 e. The Morgan fingerprint density at radius 3 is 0.948 bits per heavy atom. The third-order valence-electron chi connectivity index (χ3n) is 7.28. The lowest BCUT2D eigenvalue weighted by molar-refractivity contribution is -0.173. The summed E-state index contributed by atoms with van der Waals surface area (Å²) >= 11 is 0. The Morgan fingerprint density at radius 1 is 0.431 bits per heavy atom. The quantitative estimate of drug-likeness (QED) is 0.0529. The van der Waals surface area contributed by atoms with Gasteiger partial charge in [0.25, 0.3) is 0 Å². The van der Waals surface area contributed by atoms with Gasteiger partial charge in [0.05, 0.1) is 12.1 Å². The van der Waals surface area contributed by atoms with E-state index in [-0.39, 0.29) is 31.7 Å². The number of carbonyl (C=O) groups excluding carboxylic acids is 8. The number of hydrogen-bond acceptors (Lipinski definition) is 9. The monoisotopic (exact) mass is 892 g/mol. The van der Waals surface area contributed by atoms with Crippen LogP contribution in [0.3, 0.4) is 0 Å². The molecule has 4 atom stereocenters. The Balaban J connectivity index is 0. The molecule has 0 saturated heterocycles. The molecule has 0 aromatic heterocycles. The molecule has 0 radical (unpaired) electrons. The first-order valence-electron chi connectivity index (χ1n) is 16.6. The molecule has 0 spiro atoms. The Kier molecular flexibility index (Phi) is 23.9.